The highest BCUT2D eigenvalue weighted by molar-refractivity contribution is 5.95. The summed E-state index contributed by atoms with van der Waals surface area (Å²) >= 11 is 0. The monoisotopic (exact) mass is 427 g/mol. The fourth-order valence-electron chi connectivity index (χ4n) is 4.35. The lowest BCUT2D eigenvalue weighted by molar-refractivity contribution is 0.0889. The number of benzene rings is 3. The van der Waals surface area contributed by atoms with E-state index in [1.54, 1.807) is 6.07 Å². The Labute approximate surface area is 184 Å². The van der Waals surface area contributed by atoms with Crippen molar-refractivity contribution in [3.8, 4) is 28.4 Å². The summed E-state index contributed by atoms with van der Waals surface area (Å²) in [7, 11) is 0. The fraction of sp³-hybridized carbons (Fsp3) is 0.192. The van der Waals surface area contributed by atoms with Crippen LogP contribution in [0.3, 0.4) is 0 Å². The average Bonchev–Trinajstić information content (AvgIpc) is 3.27. The molecular formula is C26H21NO5. The van der Waals surface area contributed by atoms with E-state index in [-0.39, 0.29) is 12.4 Å². The lowest BCUT2D eigenvalue weighted by Crippen LogP contribution is -2.31. The molecule has 0 saturated heterocycles. The number of nitrogens with zero attached hydrogens (tertiary/aromatic N) is 1. The molecule has 4 aromatic rings. The minimum atomic E-state index is -0.366. The highest BCUT2D eigenvalue weighted by Crippen LogP contribution is 2.37. The smallest absolute Gasteiger partial charge is 0.336 e. The lowest BCUT2D eigenvalue weighted by Gasteiger charge is -2.29. The quantitative estimate of drug-likeness (QED) is 0.436. The Morgan fingerprint density at radius 1 is 0.875 bits per heavy atom. The van der Waals surface area contributed by atoms with Gasteiger partial charge >= 0.3 is 5.63 Å². The maximum absolute atomic E-state index is 12.5. The Kier molecular flexibility index (Phi) is 4.40. The van der Waals surface area contributed by atoms with Crippen molar-refractivity contribution in [3.05, 3.63) is 87.8 Å². The molecule has 0 bridgehead atoms. The van der Waals surface area contributed by atoms with E-state index in [9.17, 15) is 4.79 Å². The first-order valence-corrected chi connectivity index (χ1v) is 10.5. The van der Waals surface area contributed by atoms with Gasteiger partial charge in [-0.25, -0.2) is 4.79 Å². The minimum absolute atomic E-state index is 0.257. The summed E-state index contributed by atoms with van der Waals surface area (Å²) in [5.41, 5.74) is 5.24. The van der Waals surface area contributed by atoms with Crippen LogP contribution in [-0.2, 0) is 13.1 Å². The van der Waals surface area contributed by atoms with Gasteiger partial charge in [-0.1, -0.05) is 35.9 Å². The maximum Gasteiger partial charge on any atom is 0.336 e. The highest BCUT2D eigenvalue weighted by Gasteiger charge is 2.23. The zero-order valence-corrected chi connectivity index (χ0v) is 17.6. The number of hydrogen-bond donors (Lipinski definition) is 0. The zero-order chi connectivity index (χ0) is 21.7. The van der Waals surface area contributed by atoms with Crippen molar-refractivity contribution in [1.82, 2.24) is 4.90 Å². The van der Waals surface area contributed by atoms with E-state index >= 15 is 0 Å². The molecule has 2 aliphatic rings. The second kappa shape index (κ2) is 7.43. The van der Waals surface area contributed by atoms with Crippen LogP contribution in [0.25, 0.3) is 22.1 Å². The summed E-state index contributed by atoms with van der Waals surface area (Å²) in [6.07, 6.45) is 0. The Bertz CT molecular complexity index is 1390. The predicted molar refractivity (Wildman–Crippen MR) is 120 cm³/mol. The van der Waals surface area contributed by atoms with Crippen molar-refractivity contribution < 1.29 is 18.6 Å². The van der Waals surface area contributed by atoms with Gasteiger partial charge in [0.1, 0.15) is 18.1 Å². The first kappa shape index (κ1) is 19.0. The molecular weight excluding hydrogens is 406 g/mol. The topological polar surface area (TPSA) is 61.1 Å². The van der Waals surface area contributed by atoms with Crippen molar-refractivity contribution >= 4 is 11.0 Å². The minimum Gasteiger partial charge on any atom is -0.478 e. The maximum atomic E-state index is 12.5. The van der Waals surface area contributed by atoms with E-state index in [0.717, 1.165) is 44.9 Å². The summed E-state index contributed by atoms with van der Waals surface area (Å²) in [4.78, 5) is 14.6. The van der Waals surface area contributed by atoms with Crippen molar-refractivity contribution in [2.45, 2.75) is 20.0 Å². The molecule has 0 fully saturated rings. The molecule has 0 N–H and O–H groups in total. The van der Waals surface area contributed by atoms with Gasteiger partial charge in [-0.2, -0.15) is 0 Å². The SMILES string of the molecule is Cc1ccc(-c2cc(=O)oc3c4c(ccc23)OCN(Cc2ccc3c(c2)OCO3)C4)cc1. The second-order valence-electron chi connectivity index (χ2n) is 8.21. The lowest BCUT2D eigenvalue weighted by atomic mass is 9.98. The molecule has 0 spiro atoms. The van der Waals surface area contributed by atoms with E-state index in [0.29, 0.717) is 25.4 Å². The van der Waals surface area contributed by atoms with E-state index in [1.807, 2.05) is 61.5 Å². The van der Waals surface area contributed by atoms with Crippen LogP contribution in [0.5, 0.6) is 17.2 Å². The number of aryl methyl sites for hydroxylation is 1. The molecule has 3 heterocycles. The van der Waals surface area contributed by atoms with Gasteiger partial charge in [0.15, 0.2) is 11.5 Å². The Morgan fingerprint density at radius 3 is 2.56 bits per heavy atom. The third-order valence-electron chi connectivity index (χ3n) is 5.96. The highest BCUT2D eigenvalue weighted by atomic mass is 16.7. The van der Waals surface area contributed by atoms with Crippen LogP contribution < -0.4 is 19.8 Å². The predicted octanol–water partition coefficient (Wildman–Crippen LogP) is 4.85. The van der Waals surface area contributed by atoms with Gasteiger partial charge in [-0.3, -0.25) is 4.90 Å². The molecule has 3 aromatic carbocycles. The van der Waals surface area contributed by atoms with Crippen LogP contribution in [0, 0.1) is 6.92 Å². The molecule has 1 aromatic heterocycles. The molecule has 0 aliphatic carbocycles. The van der Waals surface area contributed by atoms with E-state index in [4.69, 9.17) is 18.6 Å². The van der Waals surface area contributed by atoms with Crippen molar-refractivity contribution in [2.24, 2.45) is 0 Å². The second-order valence-corrected chi connectivity index (χ2v) is 8.21. The summed E-state index contributed by atoms with van der Waals surface area (Å²) < 4.78 is 22.6. The van der Waals surface area contributed by atoms with Gasteiger partial charge in [0.25, 0.3) is 0 Å². The standard InChI is InChI=1S/C26H21NO5/c1-16-2-5-18(6-3-16)20-11-25(28)32-26-19(20)7-9-22-21(26)13-27(14-29-22)12-17-4-8-23-24(10-17)31-15-30-23/h2-11H,12-15H2,1H3. The van der Waals surface area contributed by atoms with Crippen LogP contribution in [0.15, 0.2) is 69.9 Å². The molecule has 6 rings (SSSR count). The van der Waals surface area contributed by atoms with Crippen LogP contribution in [-0.4, -0.2) is 18.4 Å². The van der Waals surface area contributed by atoms with Gasteiger partial charge in [0.05, 0.1) is 5.56 Å². The molecule has 0 unspecified atom stereocenters. The third kappa shape index (κ3) is 3.29. The third-order valence-corrected chi connectivity index (χ3v) is 5.96. The Balaban J connectivity index is 1.37. The number of fused-ring (bicyclic) bond motifs is 4. The zero-order valence-electron chi connectivity index (χ0n) is 17.6. The molecule has 0 radical (unpaired) electrons. The summed E-state index contributed by atoms with van der Waals surface area (Å²) in [5.74, 6) is 2.29. The number of ether oxygens (including phenoxy) is 3. The number of hydrogen-bond acceptors (Lipinski definition) is 6. The van der Waals surface area contributed by atoms with E-state index in [2.05, 4.69) is 4.90 Å². The van der Waals surface area contributed by atoms with Crippen molar-refractivity contribution in [1.29, 1.82) is 0 Å². The molecule has 0 amide bonds. The Morgan fingerprint density at radius 2 is 1.69 bits per heavy atom. The van der Waals surface area contributed by atoms with Gasteiger partial charge in [-0.05, 0) is 47.9 Å². The Hall–Kier alpha value is -3.77. The molecule has 6 heteroatoms. The van der Waals surface area contributed by atoms with Gasteiger partial charge in [0.2, 0.25) is 6.79 Å². The summed E-state index contributed by atoms with van der Waals surface area (Å²) in [6, 6.07) is 19.6. The van der Waals surface area contributed by atoms with Crippen LogP contribution in [0.2, 0.25) is 0 Å². The first-order chi connectivity index (χ1) is 15.6. The molecule has 160 valence electrons. The van der Waals surface area contributed by atoms with Crippen molar-refractivity contribution in [2.75, 3.05) is 13.5 Å². The number of rotatable bonds is 3. The first-order valence-electron chi connectivity index (χ1n) is 10.5. The largest absolute Gasteiger partial charge is 0.478 e. The van der Waals surface area contributed by atoms with Gasteiger partial charge in [-0.15, -0.1) is 0 Å². The molecule has 0 saturated carbocycles. The molecule has 6 nitrogen and oxygen atoms in total. The van der Waals surface area contributed by atoms with E-state index in [1.165, 1.54) is 5.56 Å². The van der Waals surface area contributed by atoms with Crippen LogP contribution in [0.1, 0.15) is 16.7 Å². The van der Waals surface area contributed by atoms with Crippen LogP contribution >= 0.6 is 0 Å². The molecule has 0 atom stereocenters. The van der Waals surface area contributed by atoms with Crippen LogP contribution in [0.4, 0.5) is 0 Å². The van der Waals surface area contributed by atoms with Gasteiger partial charge < -0.3 is 18.6 Å². The average molecular weight is 427 g/mol. The summed E-state index contributed by atoms with van der Waals surface area (Å²) in [5, 5.41) is 0.903. The van der Waals surface area contributed by atoms with Crippen molar-refractivity contribution in [3.63, 3.8) is 0 Å². The summed E-state index contributed by atoms with van der Waals surface area (Å²) in [6.45, 7) is 4.04. The molecule has 2 aliphatic heterocycles. The normalized spacial score (nSPS) is 14.9. The fourth-order valence-corrected chi connectivity index (χ4v) is 4.35. The van der Waals surface area contributed by atoms with E-state index < -0.39 is 0 Å². The molecule has 32 heavy (non-hydrogen) atoms. The van der Waals surface area contributed by atoms with Gasteiger partial charge in [0, 0.05) is 24.5 Å².